The summed E-state index contributed by atoms with van der Waals surface area (Å²) in [4.78, 5) is 0. The molecule has 0 atom stereocenters. The van der Waals surface area contributed by atoms with Gasteiger partial charge >= 0.3 is 0 Å². The molecule has 2 aromatic rings. The average Bonchev–Trinajstić information content (AvgIpc) is 3.13. The molecule has 0 aliphatic heterocycles. The van der Waals surface area contributed by atoms with Crippen LogP contribution in [0.25, 0.3) is 0 Å². The lowest BCUT2D eigenvalue weighted by atomic mass is 9.90. The standard InChI is InChI=1S/C22H27N/c1-21(2)11-15-5-7-19(9-17(15)13-21)23-20-8-6-16-12-22(3,4)14-18(16)10-20/h5-10,23H,11-14H2,1-4H3/i5D,6D,7D,8D,9D,10D. The Labute approximate surface area is 148 Å². The van der Waals surface area contributed by atoms with Crippen LogP contribution in [-0.4, -0.2) is 0 Å². The summed E-state index contributed by atoms with van der Waals surface area (Å²) in [5, 5.41) is 2.98. The summed E-state index contributed by atoms with van der Waals surface area (Å²) in [6.07, 6.45) is 2.70. The molecule has 120 valence electrons. The lowest BCUT2D eigenvalue weighted by Crippen LogP contribution is -2.09. The van der Waals surface area contributed by atoms with Crippen LogP contribution < -0.4 is 5.32 Å². The van der Waals surface area contributed by atoms with E-state index in [9.17, 15) is 0 Å². The van der Waals surface area contributed by atoms with Crippen molar-refractivity contribution >= 4 is 11.4 Å². The van der Waals surface area contributed by atoms with Gasteiger partial charge in [0, 0.05) is 11.4 Å². The van der Waals surface area contributed by atoms with E-state index < -0.39 is 0 Å². The van der Waals surface area contributed by atoms with Crippen LogP contribution in [0, 0.1) is 10.8 Å². The molecule has 0 spiro atoms. The minimum absolute atomic E-state index is 0.0480. The third kappa shape index (κ3) is 2.89. The zero-order valence-corrected chi connectivity index (χ0v) is 14.3. The Kier molecular flexibility index (Phi) is 2.01. The smallest absolute Gasteiger partial charge is 0.0648 e. The van der Waals surface area contributed by atoms with Crippen LogP contribution in [0.15, 0.2) is 36.3 Å². The Bertz CT molecular complexity index is 971. The third-order valence-corrected chi connectivity index (χ3v) is 4.83. The van der Waals surface area contributed by atoms with E-state index in [4.69, 9.17) is 8.22 Å². The fourth-order valence-corrected chi connectivity index (χ4v) is 3.83. The van der Waals surface area contributed by atoms with Crippen molar-refractivity contribution in [3.63, 3.8) is 0 Å². The van der Waals surface area contributed by atoms with Crippen LogP contribution in [0.3, 0.4) is 0 Å². The van der Waals surface area contributed by atoms with E-state index in [-0.39, 0.29) is 58.5 Å². The van der Waals surface area contributed by atoms with E-state index in [1.165, 1.54) is 0 Å². The molecule has 0 bridgehead atoms. The second kappa shape index (κ2) is 4.87. The van der Waals surface area contributed by atoms with Gasteiger partial charge in [0.15, 0.2) is 0 Å². The van der Waals surface area contributed by atoms with Crippen molar-refractivity contribution < 1.29 is 8.22 Å². The molecule has 1 heteroatoms. The Morgan fingerprint density at radius 3 is 1.52 bits per heavy atom. The number of rotatable bonds is 2. The average molecular weight is 312 g/mol. The number of nitrogens with one attached hydrogen (secondary N) is 1. The van der Waals surface area contributed by atoms with Crippen LogP contribution in [0.4, 0.5) is 11.4 Å². The third-order valence-electron chi connectivity index (χ3n) is 4.83. The Hall–Kier alpha value is -1.76. The molecular weight excluding hydrogens is 278 g/mol. The normalized spacial score (nSPS) is 23.8. The van der Waals surface area contributed by atoms with Gasteiger partial charge in [-0.25, -0.2) is 0 Å². The molecule has 0 unspecified atom stereocenters. The summed E-state index contributed by atoms with van der Waals surface area (Å²) in [6.45, 7) is 8.39. The van der Waals surface area contributed by atoms with Crippen LogP contribution >= 0.6 is 0 Å². The number of hydrogen-bond donors (Lipinski definition) is 1. The maximum absolute atomic E-state index is 8.67. The van der Waals surface area contributed by atoms with Gasteiger partial charge in [-0.1, -0.05) is 39.8 Å². The SMILES string of the molecule is [2H]c1c([2H])c(Nc2c([2H])c([2H])c3c(c2[2H])CC(C)(C)C3)c([2H])c2c1CC(C)(C)C2. The zero-order valence-electron chi connectivity index (χ0n) is 20.3. The van der Waals surface area contributed by atoms with Crippen molar-refractivity contribution in [2.24, 2.45) is 10.8 Å². The molecule has 1 N–H and O–H groups in total. The van der Waals surface area contributed by atoms with Gasteiger partial charge in [-0.15, -0.1) is 0 Å². The number of fused-ring (bicyclic) bond motifs is 2. The highest BCUT2D eigenvalue weighted by atomic mass is 14.9. The van der Waals surface area contributed by atoms with Gasteiger partial charge in [0.25, 0.3) is 0 Å². The molecule has 2 aliphatic carbocycles. The summed E-state index contributed by atoms with van der Waals surface area (Å²) in [5.74, 6) is 0. The lowest BCUT2D eigenvalue weighted by Gasteiger charge is -2.14. The highest BCUT2D eigenvalue weighted by molar-refractivity contribution is 5.63. The predicted octanol–water partition coefficient (Wildman–Crippen LogP) is 5.68. The second-order valence-corrected chi connectivity index (χ2v) is 8.57. The van der Waals surface area contributed by atoms with Gasteiger partial charge in [0.2, 0.25) is 0 Å². The van der Waals surface area contributed by atoms with E-state index in [1.807, 2.05) is 0 Å². The van der Waals surface area contributed by atoms with Gasteiger partial charge in [-0.2, -0.15) is 0 Å². The van der Waals surface area contributed by atoms with Gasteiger partial charge in [-0.3, -0.25) is 0 Å². The molecule has 4 rings (SSSR count). The molecule has 1 nitrogen and oxygen atoms in total. The monoisotopic (exact) mass is 311 g/mol. The van der Waals surface area contributed by atoms with Crippen molar-refractivity contribution in [2.45, 2.75) is 53.4 Å². The van der Waals surface area contributed by atoms with Crippen molar-refractivity contribution in [1.29, 1.82) is 0 Å². The Morgan fingerprint density at radius 1 is 0.696 bits per heavy atom. The van der Waals surface area contributed by atoms with Crippen molar-refractivity contribution in [3.8, 4) is 0 Å². The number of hydrogen-bond acceptors (Lipinski definition) is 1. The molecule has 0 aromatic heterocycles. The lowest BCUT2D eigenvalue weighted by molar-refractivity contribution is 0.392. The second-order valence-electron chi connectivity index (χ2n) is 8.57. The Morgan fingerprint density at radius 2 is 1.09 bits per heavy atom. The fraction of sp³-hybridized carbons (Fsp3) is 0.455. The van der Waals surface area contributed by atoms with E-state index in [0.29, 0.717) is 25.7 Å². The summed E-state index contributed by atoms with van der Waals surface area (Å²) in [5.41, 5.74) is 3.35. The largest absolute Gasteiger partial charge is 0.356 e. The molecule has 0 fully saturated rings. The maximum Gasteiger partial charge on any atom is 0.0648 e. The van der Waals surface area contributed by atoms with Crippen LogP contribution in [0.5, 0.6) is 0 Å². The van der Waals surface area contributed by atoms with Gasteiger partial charge in [0.1, 0.15) is 0 Å². The molecule has 2 aromatic carbocycles. The van der Waals surface area contributed by atoms with Crippen LogP contribution in [-0.2, 0) is 25.7 Å². The van der Waals surface area contributed by atoms with E-state index >= 15 is 0 Å². The summed E-state index contributed by atoms with van der Waals surface area (Å²) in [6, 6.07) is 0.455. The highest BCUT2D eigenvalue weighted by Crippen LogP contribution is 2.39. The molecule has 0 saturated heterocycles. The van der Waals surface area contributed by atoms with Crippen molar-refractivity contribution in [2.75, 3.05) is 5.32 Å². The van der Waals surface area contributed by atoms with Crippen molar-refractivity contribution in [1.82, 2.24) is 0 Å². The topological polar surface area (TPSA) is 12.0 Å². The van der Waals surface area contributed by atoms with Gasteiger partial charge in [-0.05, 0) is 82.9 Å². The van der Waals surface area contributed by atoms with E-state index in [1.54, 1.807) is 0 Å². The fourth-order valence-electron chi connectivity index (χ4n) is 3.83. The minimum Gasteiger partial charge on any atom is -0.356 e. The molecule has 0 saturated carbocycles. The highest BCUT2D eigenvalue weighted by Gasteiger charge is 2.29. The zero-order chi connectivity index (χ0) is 21.5. The minimum atomic E-state index is -0.0717. The Balaban J connectivity index is 1.86. The first-order chi connectivity index (χ1) is 13.3. The van der Waals surface area contributed by atoms with E-state index in [0.717, 1.165) is 22.3 Å². The predicted molar refractivity (Wildman–Crippen MR) is 98.5 cm³/mol. The van der Waals surface area contributed by atoms with Gasteiger partial charge in [0.05, 0.1) is 8.22 Å². The van der Waals surface area contributed by atoms with Crippen molar-refractivity contribution in [3.05, 3.63) is 58.5 Å². The molecule has 0 heterocycles. The van der Waals surface area contributed by atoms with Crippen LogP contribution in [0.1, 0.15) is 58.2 Å². The summed E-state index contributed by atoms with van der Waals surface area (Å²) < 4.78 is 51.1. The van der Waals surface area contributed by atoms with Gasteiger partial charge < -0.3 is 5.32 Å². The molecule has 0 radical (unpaired) electrons. The summed E-state index contributed by atoms with van der Waals surface area (Å²) >= 11 is 0. The number of benzene rings is 2. The first-order valence-electron chi connectivity index (χ1n) is 11.3. The quantitative estimate of drug-likeness (QED) is 0.752. The maximum atomic E-state index is 8.67. The van der Waals surface area contributed by atoms with Crippen LogP contribution in [0.2, 0.25) is 0 Å². The first-order valence-corrected chi connectivity index (χ1v) is 8.33. The van der Waals surface area contributed by atoms with E-state index in [2.05, 4.69) is 33.0 Å². The number of anilines is 2. The molecule has 2 aliphatic rings. The summed E-state index contributed by atoms with van der Waals surface area (Å²) in [7, 11) is 0. The molecule has 0 amide bonds. The molecular formula is C22H27N. The molecule has 23 heavy (non-hydrogen) atoms. The first kappa shape index (κ1) is 9.52.